The van der Waals surface area contributed by atoms with Gasteiger partial charge in [0.25, 0.3) is 0 Å². The first-order valence-electron chi connectivity index (χ1n) is 6.26. The molecule has 19 heavy (non-hydrogen) atoms. The van der Waals surface area contributed by atoms with Crippen molar-refractivity contribution in [2.75, 3.05) is 7.05 Å². The number of urea groups is 1. The molecule has 7 heteroatoms. The normalized spacial score (nSPS) is 15.4. The standard InChI is InChI=1S/C12H17N3O3S/c1-15(8-4-2-3-5-8)12(18)13-6-10-14-9(7-19-10)11(16)17/h7-8H,2-6H2,1H3,(H,13,18)(H,16,17). The average Bonchev–Trinajstić information content (AvgIpc) is 3.05. The van der Waals surface area contributed by atoms with Crippen molar-refractivity contribution in [3.8, 4) is 0 Å². The van der Waals surface area contributed by atoms with Crippen molar-refractivity contribution in [1.29, 1.82) is 0 Å². The van der Waals surface area contributed by atoms with Crippen molar-refractivity contribution in [3.63, 3.8) is 0 Å². The largest absolute Gasteiger partial charge is 0.476 e. The van der Waals surface area contributed by atoms with Gasteiger partial charge in [0, 0.05) is 18.5 Å². The highest BCUT2D eigenvalue weighted by Gasteiger charge is 2.23. The Kier molecular flexibility index (Phi) is 4.36. The minimum absolute atomic E-state index is 0.0263. The first-order valence-corrected chi connectivity index (χ1v) is 7.14. The maximum absolute atomic E-state index is 11.9. The molecule has 2 N–H and O–H groups in total. The van der Waals surface area contributed by atoms with Crippen molar-refractivity contribution in [3.05, 3.63) is 16.1 Å². The predicted molar refractivity (Wildman–Crippen MR) is 71.3 cm³/mol. The number of carbonyl (C=O) groups is 2. The van der Waals surface area contributed by atoms with E-state index in [0.29, 0.717) is 11.0 Å². The fourth-order valence-corrected chi connectivity index (χ4v) is 2.93. The second kappa shape index (κ2) is 6.01. The van der Waals surface area contributed by atoms with Crippen molar-refractivity contribution in [2.45, 2.75) is 38.3 Å². The Morgan fingerprint density at radius 1 is 1.53 bits per heavy atom. The molecule has 0 atom stereocenters. The van der Waals surface area contributed by atoms with Gasteiger partial charge in [0.15, 0.2) is 5.69 Å². The van der Waals surface area contributed by atoms with E-state index in [9.17, 15) is 9.59 Å². The Morgan fingerprint density at radius 3 is 2.79 bits per heavy atom. The van der Waals surface area contributed by atoms with Crippen LogP contribution in [0.4, 0.5) is 4.79 Å². The summed E-state index contributed by atoms with van der Waals surface area (Å²) in [5.41, 5.74) is 0.0263. The monoisotopic (exact) mass is 283 g/mol. The van der Waals surface area contributed by atoms with Crippen LogP contribution in [0.1, 0.15) is 41.2 Å². The lowest BCUT2D eigenvalue weighted by molar-refractivity contribution is 0.0691. The summed E-state index contributed by atoms with van der Waals surface area (Å²) in [5.74, 6) is -1.04. The molecule has 0 saturated heterocycles. The molecule has 0 bridgehead atoms. The minimum atomic E-state index is -1.04. The zero-order chi connectivity index (χ0) is 13.8. The van der Waals surface area contributed by atoms with Gasteiger partial charge in [-0.15, -0.1) is 11.3 Å². The van der Waals surface area contributed by atoms with Crippen molar-refractivity contribution >= 4 is 23.3 Å². The molecule has 2 rings (SSSR count). The average molecular weight is 283 g/mol. The molecule has 1 aromatic heterocycles. The lowest BCUT2D eigenvalue weighted by Crippen LogP contribution is -2.42. The molecule has 1 aliphatic rings. The summed E-state index contributed by atoms with van der Waals surface area (Å²) in [6.45, 7) is 0.272. The van der Waals surface area contributed by atoms with Crippen LogP contribution in [0, 0.1) is 0 Å². The Labute approximate surface area is 115 Å². The van der Waals surface area contributed by atoms with Gasteiger partial charge in [0.1, 0.15) is 5.01 Å². The van der Waals surface area contributed by atoms with E-state index in [1.54, 1.807) is 11.9 Å². The van der Waals surface area contributed by atoms with Crippen LogP contribution in [0.3, 0.4) is 0 Å². The van der Waals surface area contributed by atoms with E-state index in [4.69, 9.17) is 5.11 Å². The predicted octanol–water partition coefficient (Wildman–Crippen LogP) is 1.93. The van der Waals surface area contributed by atoms with E-state index in [0.717, 1.165) is 12.8 Å². The smallest absolute Gasteiger partial charge is 0.355 e. The molecule has 1 aromatic rings. The van der Waals surface area contributed by atoms with Gasteiger partial charge in [-0.3, -0.25) is 0 Å². The van der Waals surface area contributed by atoms with Gasteiger partial charge < -0.3 is 15.3 Å². The second-order valence-electron chi connectivity index (χ2n) is 4.64. The zero-order valence-electron chi connectivity index (χ0n) is 10.8. The van der Waals surface area contributed by atoms with E-state index in [1.165, 1.54) is 29.6 Å². The van der Waals surface area contributed by atoms with Crippen LogP contribution in [0.15, 0.2) is 5.38 Å². The molecule has 2 amide bonds. The third-order valence-corrected chi connectivity index (χ3v) is 4.20. The fraction of sp³-hybridized carbons (Fsp3) is 0.583. The number of carbonyl (C=O) groups excluding carboxylic acids is 1. The molecule has 0 radical (unpaired) electrons. The Bertz CT molecular complexity index is 469. The van der Waals surface area contributed by atoms with Gasteiger partial charge in [0.05, 0.1) is 6.54 Å². The number of rotatable bonds is 4. The van der Waals surface area contributed by atoms with Gasteiger partial charge in [0.2, 0.25) is 0 Å². The van der Waals surface area contributed by atoms with Crippen molar-refractivity contribution in [1.82, 2.24) is 15.2 Å². The van der Waals surface area contributed by atoms with Gasteiger partial charge in [-0.2, -0.15) is 0 Å². The van der Waals surface area contributed by atoms with Crippen molar-refractivity contribution < 1.29 is 14.7 Å². The summed E-state index contributed by atoms with van der Waals surface area (Å²) in [6.07, 6.45) is 4.47. The number of aromatic carboxylic acids is 1. The number of hydrogen-bond donors (Lipinski definition) is 2. The highest BCUT2D eigenvalue weighted by molar-refractivity contribution is 7.09. The Balaban J connectivity index is 1.83. The Hall–Kier alpha value is -1.63. The molecular weight excluding hydrogens is 266 g/mol. The Morgan fingerprint density at radius 2 is 2.21 bits per heavy atom. The fourth-order valence-electron chi connectivity index (χ4n) is 2.22. The highest BCUT2D eigenvalue weighted by Crippen LogP contribution is 2.22. The maximum Gasteiger partial charge on any atom is 0.355 e. The van der Waals surface area contributed by atoms with Crippen LogP contribution in [-0.2, 0) is 6.54 Å². The number of aromatic nitrogens is 1. The lowest BCUT2D eigenvalue weighted by atomic mass is 10.2. The molecule has 1 fully saturated rings. The van der Waals surface area contributed by atoms with Crippen LogP contribution in [0.2, 0.25) is 0 Å². The van der Waals surface area contributed by atoms with Gasteiger partial charge in [-0.1, -0.05) is 12.8 Å². The molecule has 0 aromatic carbocycles. The van der Waals surface area contributed by atoms with Crippen LogP contribution < -0.4 is 5.32 Å². The summed E-state index contributed by atoms with van der Waals surface area (Å²) >= 11 is 1.24. The van der Waals surface area contributed by atoms with Gasteiger partial charge in [-0.25, -0.2) is 14.6 Å². The topological polar surface area (TPSA) is 82.5 Å². The molecule has 6 nitrogen and oxygen atoms in total. The molecular formula is C12H17N3O3S. The lowest BCUT2D eigenvalue weighted by Gasteiger charge is -2.24. The molecule has 1 heterocycles. The van der Waals surface area contributed by atoms with Crippen LogP contribution in [-0.4, -0.2) is 40.1 Å². The molecule has 0 aliphatic heterocycles. The molecule has 104 valence electrons. The SMILES string of the molecule is CN(C(=O)NCc1nc(C(=O)O)cs1)C1CCCC1. The van der Waals surface area contributed by atoms with E-state index in [-0.39, 0.29) is 18.3 Å². The highest BCUT2D eigenvalue weighted by atomic mass is 32.1. The van der Waals surface area contributed by atoms with Crippen molar-refractivity contribution in [2.24, 2.45) is 0 Å². The number of carboxylic acid groups (broad SMARTS) is 1. The number of thiazole rings is 1. The summed E-state index contributed by atoms with van der Waals surface area (Å²) in [5, 5.41) is 13.6. The van der Waals surface area contributed by atoms with Gasteiger partial charge >= 0.3 is 12.0 Å². The first-order chi connectivity index (χ1) is 9.08. The number of carboxylic acids is 1. The van der Waals surface area contributed by atoms with E-state index < -0.39 is 5.97 Å². The summed E-state index contributed by atoms with van der Waals surface area (Å²) < 4.78 is 0. The number of nitrogens with one attached hydrogen (secondary N) is 1. The summed E-state index contributed by atoms with van der Waals surface area (Å²) in [6, 6.07) is 0.199. The maximum atomic E-state index is 11.9. The summed E-state index contributed by atoms with van der Waals surface area (Å²) in [4.78, 5) is 28.3. The third-order valence-electron chi connectivity index (χ3n) is 3.35. The summed E-state index contributed by atoms with van der Waals surface area (Å²) in [7, 11) is 1.80. The van der Waals surface area contributed by atoms with E-state index >= 15 is 0 Å². The van der Waals surface area contributed by atoms with E-state index in [1.807, 2.05) is 0 Å². The molecule has 0 unspecified atom stereocenters. The van der Waals surface area contributed by atoms with Crippen LogP contribution >= 0.6 is 11.3 Å². The van der Waals surface area contributed by atoms with Gasteiger partial charge in [-0.05, 0) is 12.8 Å². The molecule has 1 aliphatic carbocycles. The quantitative estimate of drug-likeness (QED) is 0.884. The first kappa shape index (κ1) is 13.8. The number of hydrogen-bond acceptors (Lipinski definition) is 4. The van der Waals surface area contributed by atoms with Crippen LogP contribution in [0.5, 0.6) is 0 Å². The number of amides is 2. The second-order valence-corrected chi connectivity index (χ2v) is 5.58. The van der Waals surface area contributed by atoms with E-state index in [2.05, 4.69) is 10.3 Å². The third kappa shape index (κ3) is 3.44. The minimum Gasteiger partial charge on any atom is -0.476 e. The zero-order valence-corrected chi connectivity index (χ0v) is 11.6. The molecule has 1 saturated carbocycles. The van der Waals surface area contributed by atoms with Crippen LogP contribution in [0.25, 0.3) is 0 Å². The number of nitrogens with zero attached hydrogens (tertiary/aromatic N) is 2. The molecule has 0 spiro atoms.